The summed E-state index contributed by atoms with van der Waals surface area (Å²) in [6.45, 7) is 1.62. The van der Waals surface area contributed by atoms with Crippen LogP contribution >= 0.6 is 23.1 Å². The second-order valence-corrected chi connectivity index (χ2v) is 8.64. The molecule has 0 saturated carbocycles. The third kappa shape index (κ3) is 3.64. The predicted molar refractivity (Wildman–Crippen MR) is 111 cm³/mol. The van der Waals surface area contributed by atoms with Crippen LogP contribution in [0, 0.1) is 0 Å². The summed E-state index contributed by atoms with van der Waals surface area (Å²) in [7, 11) is 0. The van der Waals surface area contributed by atoms with E-state index in [-0.39, 0.29) is 5.91 Å². The van der Waals surface area contributed by atoms with Crippen LogP contribution in [-0.4, -0.2) is 35.1 Å². The number of thioether (sulfide) groups is 1. The zero-order valence-electron chi connectivity index (χ0n) is 14.9. The highest BCUT2D eigenvalue weighted by atomic mass is 32.2. The first-order valence-corrected chi connectivity index (χ1v) is 11.2. The van der Waals surface area contributed by atoms with Crippen LogP contribution < -0.4 is 0 Å². The van der Waals surface area contributed by atoms with Crippen LogP contribution in [0.5, 0.6) is 0 Å². The van der Waals surface area contributed by atoms with Gasteiger partial charge in [0.1, 0.15) is 0 Å². The molecule has 26 heavy (non-hydrogen) atoms. The summed E-state index contributed by atoms with van der Waals surface area (Å²) in [5.74, 6) is 1.62. The van der Waals surface area contributed by atoms with Crippen LogP contribution in [-0.2, 0) is 5.75 Å². The number of aromatic nitrogens is 1. The van der Waals surface area contributed by atoms with E-state index in [9.17, 15) is 4.79 Å². The van der Waals surface area contributed by atoms with Gasteiger partial charge in [0, 0.05) is 30.3 Å². The molecule has 3 aromatic rings. The van der Waals surface area contributed by atoms with Crippen molar-refractivity contribution in [1.29, 1.82) is 0 Å². The van der Waals surface area contributed by atoms with Gasteiger partial charge in [-0.1, -0.05) is 24.3 Å². The lowest BCUT2D eigenvalue weighted by Crippen LogP contribution is -2.37. The number of rotatable bonds is 4. The van der Waals surface area contributed by atoms with Crippen LogP contribution in [0.4, 0.5) is 0 Å². The number of amides is 1. The Bertz CT molecular complexity index is 863. The highest BCUT2D eigenvalue weighted by Gasteiger charge is 2.26. The quantitative estimate of drug-likeness (QED) is 0.623. The summed E-state index contributed by atoms with van der Waals surface area (Å²) in [5.41, 5.74) is 3.16. The van der Waals surface area contributed by atoms with Crippen molar-refractivity contribution in [3.8, 4) is 0 Å². The molecule has 1 aromatic heterocycles. The Morgan fingerprint density at radius 1 is 1.15 bits per heavy atom. The van der Waals surface area contributed by atoms with Crippen LogP contribution in [0.3, 0.4) is 0 Å². The molecule has 0 unspecified atom stereocenters. The molecular weight excluding hydrogens is 360 g/mol. The van der Waals surface area contributed by atoms with Gasteiger partial charge < -0.3 is 4.90 Å². The SMILES string of the molecule is CSCc1ccc(C(=O)N2CCC(c3nc4ccccc4s3)CC2)cc1. The zero-order chi connectivity index (χ0) is 17.9. The molecule has 5 heteroatoms. The van der Waals surface area contributed by atoms with Crippen molar-refractivity contribution in [2.75, 3.05) is 19.3 Å². The van der Waals surface area contributed by atoms with Gasteiger partial charge in [-0.2, -0.15) is 11.8 Å². The Hall–Kier alpha value is -1.85. The number of carbonyl (C=O) groups is 1. The Labute approximate surface area is 162 Å². The number of thiazole rings is 1. The van der Waals surface area contributed by atoms with Gasteiger partial charge in [-0.25, -0.2) is 4.98 Å². The fourth-order valence-electron chi connectivity index (χ4n) is 3.49. The number of carbonyl (C=O) groups excluding carboxylic acids is 1. The van der Waals surface area contributed by atoms with Gasteiger partial charge in [0.15, 0.2) is 0 Å². The molecule has 1 fully saturated rings. The topological polar surface area (TPSA) is 33.2 Å². The Balaban J connectivity index is 1.40. The van der Waals surface area contributed by atoms with Crippen molar-refractivity contribution in [2.45, 2.75) is 24.5 Å². The van der Waals surface area contributed by atoms with E-state index in [0.29, 0.717) is 5.92 Å². The number of piperidine rings is 1. The number of fused-ring (bicyclic) bond motifs is 1. The van der Waals surface area contributed by atoms with E-state index in [1.165, 1.54) is 15.3 Å². The molecule has 0 atom stereocenters. The standard InChI is InChI=1S/C21H22N2OS2/c1-25-14-15-6-8-17(9-7-15)21(24)23-12-10-16(11-13-23)20-22-18-4-2-3-5-19(18)26-20/h2-9,16H,10-14H2,1H3. The van der Waals surface area contributed by atoms with Crippen LogP contribution in [0.1, 0.15) is 39.7 Å². The van der Waals surface area contributed by atoms with Crippen molar-refractivity contribution in [3.63, 3.8) is 0 Å². The second-order valence-electron chi connectivity index (χ2n) is 6.72. The molecule has 1 saturated heterocycles. The maximum Gasteiger partial charge on any atom is 0.253 e. The number of para-hydroxylation sites is 1. The smallest absolute Gasteiger partial charge is 0.253 e. The molecule has 0 spiro atoms. The van der Waals surface area contributed by atoms with Gasteiger partial charge in [-0.15, -0.1) is 11.3 Å². The molecule has 1 aliphatic heterocycles. The maximum absolute atomic E-state index is 12.8. The highest BCUT2D eigenvalue weighted by Crippen LogP contribution is 2.34. The highest BCUT2D eigenvalue weighted by molar-refractivity contribution is 7.97. The number of nitrogens with zero attached hydrogens (tertiary/aromatic N) is 2. The first-order valence-electron chi connectivity index (χ1n) is 8.97. The minimum absolute atomic E-state index is 0.156. The van der Waals surface area contributed by atoms with Crippen LogP contribution in [0.15, 0.2) is 48.5 Å². The molecule has 1 aliphatic rings. The molecule has 134 valence electrons. The number of likely N-dealkylation sites (tertiary alicyclic amines) is 1. The van der Waals surface area contributed by atoms with Crippen LogP contribution in [0.25, 0.3) is 10.2 Å². The molecule has 0 radical (unpaired) electrons. The maximum atomic E-state index is 12.8. The lowest BCUT2D eigenvalue weighted by Gasteiger charge is -2.31. The van der Waals surface area contributed by atoms with E-state index in [2.05, 4.69) is 36.6 Å². The summed E-state index contributed by atoms with van der Waals surface area (Å²) in [4.78, 5) is 19.6. The molecule has 3 nitrogen and oxygen atoms in total. The molecule has 1 amide bonds. The molecule has 0 N–H and O–H groups in total. The van der Waals surface area contributed by atoms with E-state index in [0.717, 1.165) is 42.8 Å². The first-order chi connectivity index (χ1) is 12.7. The molecule has 0 aliphatic carbocycles. The van der Waals surface area contributed by atoms with Gasteiger partial charge in [-0.05, 0) is 48.9 Å². The number of hydrogen-bond donors (Lipinski definition) is 0. The van der Waals surface area contributed by atoms with Gasteiger partial charge in [0.25, 0.3) is 5.91 Å². The van der Waals surface area contributed by atoms with E-state index < -0.39 is 0 Å². The van der Waals surface area contributed by atoms with Gasteiger partial charge >= 0.3 is 0 Å². The van der Waals surface area contributed by atoms with Crippen molar-refractivity contribution in [2.24, 2.45) is 0 Å². The number of hydrogen-bond acceptors (Lipinski definition) is 4. The van der Waals surface area contributed by atoms with Crippen LogP contribution in [0.2, 0.25) is 0 Å². The van der Waals surface area contributed by atoms with Gasteiger partial charge in [-0.3, -0.25) is 4.79 Å². The minimum atomic E-state index is 0.156. The largest absolute Gasteiger partial charge is 0.339 e. The summed E-state index contributed by atoms with van der Waals surface area (Å²) in [6, 6.07) is 16.4. The average molecular weight is 383 g/mol. The third-order valence-electron chi connectivity index (χ3n) is 4.95. The van der Waals surface area contributed by atoms with Gasteiger partial charge in [0.2, 0.25) is 0 Å². The van der Waals surface area contributed by atoms with E-state index in [1.54, 1.807) is 23.1 Å². The monoisotopic (exact) mass is 382 g/mol. The lowest BCUT2D eigenvalue weighted by atomic mass is 9.97. The van der Waals surface area contributed by atoms with E-state index in [1.807, 2.05) is 23.1 Å². The van der Waals surface area contributed by atoms with Gasteiger partial charge in [0.05, 0.1) is 15.2 Å². The summed E-state index contributed by atoms with van der Waals surface area (Å²) in [6.07, 6.45) is 4.08. The molecule has 2 aromatic carbocycles. The van der Waals surface area contributed by atoms with Crippen molar-refractivity contribution >= 4 is 39.2 Å². The lowest BCUT2D eigenvalue weighted by molar-refractivity contribution is 0.0713. The Kier molecular flexibility index (Phi) is 5.27. The Morgan fingerprint density at radius 3 is 2.58 bits per heavy atom. The zero-order valence-corrected chi connectivity index (χ0v) is 16.5. The second kappa shape index (κ2) is 7.80. The molecule has 0 bridgehead atoms. The van der Waals surface area contributed by atoms with E-state index >= 15 is 0 Å². The number of benzene rings is 2. The predicted octanol–water partition coefficient (Wildman–Crippen LogP) is 5.18. The van der Waals surface area contributed by atoms with Crippen molar-refractivity contribution in [1.82, 2.24) is 9.88 Å². The normalized spacial score (nSPS) is 15.5. The van der Waals surface area contributed by atoms with Crippen molar-refractivity contribution in [3.05, 3.63) is 64.7 Å². The molecular formula is C21H22N2OS2. The Morgan fingerprint density at radius 2 is 1.88 bits per heavy atom. The summed E-state index contributed by atoms with van der Waals surface area (Å²) < 4.78 is 1.26. The van der Waals surface area contributed by atoms with E-state index in [4.69, 9.17) is 4.98 Å². The molecule has 2 heterocycles. The minimum Gasteiger partial charge on any atom is -0.339 e. The fraction of sp³-hybridized carbons (Fsp3) is 0.333. The summed E-state index contributed by atoms with van der Waals surface area (Å²) in [5, 5.41) is 1.22. The first kappa shape index (κ1) is 17.6. The molecule has 4 rings (SSSR count). The third-order valence-corrected chi connectivity index (χ3v) is 6.77. The average Bonchev–Trinajstić information content (AvgIpc) is 3.13. The fourth-order valence-corrected chi connectivity index (χ4v) is 5.15. The van der Waals surface area contributed by atoms with Crippen molar-refractivity contribution < 1.29 is 4.79 Å². The summed E-state index contributed by atoms with van der Waals surface area (Å²) >= 11 is 3.60.